The molecule has 1 aliphatic rings. The Morgan fingerprint density at radius 3 is 2.86 bits per heavy atom. The Labute approximate surface area is 128 Å². The lowest BCUT2D eigenvalue weighted by Crippen LogP contribution is -2.36. The molecule has 0 atom stereocenters. The summed E-state index contributed by atoms with van der Waals surface area (Å²) in [5, 5.41) is 0.153. The van der Waals surface area contributed by atoms with Crippen molar-refractivity contribution in [2.24, 2.45) is 0 Å². The van der Waals surface area contributed by atoms with Crippen molar-refractivity contribution in [3.63, 3.8) is 0 Å². The van der Waals surface area contributed by atoms with Gasteiger partial charge in [-0.3, -0.25) is 4.79 Å². The molecule has 0 saturated carbocycles. The van der Waals surface area contributed by atoms with Crippen LogP contribution in [0.2, 0.25) is 5.02 Å². The van der Waals surface area contributed by atoms with Crippen molar-refractivity contribution in [2.45, 2.75) is 19.8 Å². The first-order chi connectivity index (χ1) is 10.1. The van der Waals surface area contributed by atoms with E-state index < -0.39 is 5.82 Å². The number of anilines is 1. The number of hydrogen-bond acceptors (Lipinski definition) is 1. The SMILES string of the molecule is Cc1cccc2c1N(C(=O)c1ccc(F)cc1Cl)CCC2. The van der Waals surface area contributed by atoms with Crippen molar-refractivity contribution in [3.05, 3.63) is 63.9 Å². The predicted molar refractivity (Wildman–Crippen MR) is 82.6 cm³/mol. The van der Waals surface area contributed by atoms with Crippen LogP contribution < -0.4 is 4.90 Å². The van der Waals surface area contributed by atoms with Crippen molar-refractivity contribution in [1.29, 1.82) is 0 Å². The molecule has 108 valence electrons. The number of nitrogens with zero attached hydrogens (tertiary/aromatic N) is 1. The third kappa shape index (κ3) is 2.54. The molecule has 0 bridgehead atoms. The van der Waals surface area contributed by atoms with Crippen molar-refractivity contribution in [3.8, 4) is 0 Å². The highest BCUT2D eigenvalue weighted by Gasteiger charge is 2.26. The van der Waals surface area contributed by atoms with Crippen molar-refractivity contribution in [2.75, 3.05) is 11.4 Å². The van der Waals surface area contributed by atoms with Gasteiger partial charge in [0.15, 0.2) is 0 Å². The number of aryl methyl sites for hydroxylation is 2. The van der Waals surface area contributed by atoms with E-state index in [2.05, 4.69) is 0 Å². The molecule has 1 aliphatic heterocycles. The van der Waals surface area contributed by atoms with Gasteiger partial charge in [0.05, 0.1) is 16.3 Å². The van der Waals surface area contributed by atoms with Gasteiger partial charge >= 0.3 is 0 Å². The highest BCUT2D eigenvalue weighted by atomic mass is 35.5. The Balaban J connectivity index is 2.04. The van der Waals surface area contributed by atoms with E-state index in [0.717, 1.165) is 24.1 Å². The summed E-state index contributed by atoms with van der Waals surface area (Å²) in [6.07, 6.45) is 1.89. The maximum atomic E-state index is 13.1. The van der Waals surface area contributed by atoms with Gasteiger partial charge in [-0.05, 0) is 49.1 Å². The summed E-state index contributed by atoms with van der Waals surface area (Å²) in [6.45, 7) is 2.65. The second-order valence-corrected chi connectivity index (χ2v) is 5.67. The highest BCUT2D eigenvalue weighted by Crippen LogP contribution is 2.32. The Morgan fingerprint density at radius 1 is 1.29 bits per heavy atom. The van der Waals surface area contributed by atoms with E-state index in [1.165, 1.54) is 23.8 Å². The van der Waals surface area contributed by atoms with Gasteiger partial charge in [0.1, 0.15) is 5.82 Å². The molecule has 2 aromatic rings. The molecule has 4 heteroatoms. The number of carbonyl (C=O) groups is 1. The molecule has 0 spiro atoms. The molecule has 0 saturated heterocycles. The van der Waals surface area contributed by atoms with Crippen LogP contribution in [0, 0.1) is 12.7 Å². The molecule has 0 unspecified atom stereocenters. The number of amides is 1. The molecule has 0 aliphatic carbocycles. The van der Waals surface area contributed by atoms with E-state index in [1.807, 2.05) is 25.1 Å². The van der Waals surface area contributed by atoms with Gasteiger partial charge in [0.2, 0.25) is 0 Å². The lowest BCUT2D eigenvalue weighted by molar-refractivity contribution is 0.0985. The summed E-state index contributed by atoms with van der Waals surface area (Å²) >= 11 is 6.02. The minimum absolute atomic E-state index is 0.153. The summed E-state index contributed by atoms with van der Waals surface area (Å²) in [4.78, 5) is 14.5. The van der Waals surface area contributed by atoms with Crippen LogP contribution in [0.5, 0.6) is 0 Å². The average molecular weight is 304 g/mol. The summed E-state index contributed by atoms with van der Waals surface area (Å²) in [6, 6.07) is 9.95. The summed E-state index contributed by atoms with van der Waals surface area (Å²) in [5.74, 6) is -0.609. The zero-order chi connectivity index (χ0) is 15.0. The largest absolute Gasteiger partial charge is 0.308 e. The van der Waals surface area contributed by atoms with Crippen molar-refractivity contribution in [1.82, 2.24) is 0 Å². The second-order valence-electron chi connectivity index (χ2n) is 5.27. The van der Waals surface area contributed by atoms with Crippen molar-refractivity contribution < 1.29 is 9.18 Å². The lowest BCUT2D eigenvalue weighted by atomic mass is 9.97. The molecule has 2 aromatic carbocycles. The van der Waals surface area contributed by atoms with Crippen LogP contribution in [0.3, 0.4) is 0 Å². The normalized spacial score (nSPS) is 14.0. The first kappa shape index (κ1) is 14.1. The molecule has 3 rings (SSSR count). The molecule has 0 aromatic heterocycles. The van der Waals surface area contributed by atoms with E-state index in [1.54, 1.807) is 4.90 Å². The Bertz CT molecular complexity index is 714. The first-order valence-corrected chi connectivity index (χ1v) is 7.31. The molecule has 1 amide bonds. The van der Waals surface area contributed by atoms with E-state index >= 15 is 0 Å². The number of halogens is 2. The van der Waals surface area contributed by atoms with Crippen LogP contribution in [-0.4, -0.2) is 12.5 Å². The molecule has 0 radical (unpaired) electrons. The van der Waals surface area contributed by atoms with Crippen LogP contribution in [0.15, 0.2) is 36.4 Å². The van der Waals surface area contributed by atoms with Crippen molar-refractivity contribution >= 4 is 23.2 Å². The third-order valence-electron chi connectivity index (χ3n) is 3.83. The molecule has 21 heavy (non-hydrogen) atoms. The Hall–Kier alpha value is -1.87. The molecule has 2 nitrogen and oxygen atoms in total. The number of para-hydroxylation sites is 1. The van der Waals surface area contributed by atoms with E-state index in [4.69, 9.17) is 11.6 Å². The maximum Gasteiger partial charge on any atom is 0.259 e. The standard InChI is InChI=1S/C17H15ClFNO/c1-11-4-2-5-12-6-3-9-20(16(11)12)17(21)14-8-7-13(19)10-15(14)18/h2,4-5,7-8,10H,3,6,9H2,1H3. The van der Waals surface area contributed by atoms with Gasteiger partial charge in [-0.2, -0.15) is 0 Å². The van der Waals surface area contributed by atoms with Gasteiger partial charge in [-0.25, -0.2) is 4.39 Å². The summed E-state index contributed by atoms with van der Waals surface area (Å²) < 4.78 is 13.1. The number of hydrogen-bond donors (Lipinski definition) is 0. The topological polar surface area (TPSA) is 20.3 Å². The molecular weight excluding hydrogens is 289 g/mol. The van der Waals surface area contributed by atoms with Gasteiger partial charge in [-0.1, -0.05) is 29.8 Å². The van der Waals surface area contributed by atoms with E-state index in [0.29, 0.717) is 12.1 Å². The molecule has 0 fully saturated rings. The molecule has 1 heterocycles. The predicted octanol–water partition coefficient (Wildman–Crippen LogP) is 4.38. The number of benzene rings is 2. The number of carbonyl (C=O) groups excluding carboxylic acids is 1. The van der Waals surface area contributed by atoms with Gasteiger partial charge in [0.25, 0.3) is 5.91 Å². The van der Waals surface area contributed by atoms with Crippen LogP contribution in [0.4, 0.5) is 10.1 Å². The minimum atomic E-state index is -0.438. The van der Waals surface area contributed by atoms with Gasteiger partial charge in [0, 0.05) is 6.54 Å². The van der Waals surface area contributed by atoms with Gasteiger partial charge < -0.3 is 4.90 Å². The fourth-order valence-corrected chi connectivity index (χ4v) is 3.11. The quantitative estimate of drug-likeness (QED) is 0.765. The number of rotatable bonds is 1. The maximum absolute atomic E-state index is 13.1. The minimum Gasteiger partial charge on any atom is -0.308 e. The lowest BCUT2D eigenvalue weighted by Gasteiger charge is -2.31. The van der Waals surface area contributed by atoms with Crippen LogP contribution in [0.1, 0.15) is 27.9 Å². The highest BCUT2D eigenvalue weighted by molar-refractivity contribution is 6.34. The monoisotopic (exact) mass is 303 g/mol. The van der Waals surface area contributed by atoms with Gasteiger partial charge in [-0.15, -0.1) is 0 Å². The fourth-order valence-electron chi connectivity index (χ4n) is 2.86. The molecular formula is C17H15ClFNO. The van der Waals surface area contributed by atoms with E-state index in [-0.39, 0.29) is 10.9 Å². The van der Waals surface area contributed by atoms with Crippen LogP contribution in [0.25, 0.3) is 0 Å². The second kappa shape index (κ2) is 5.49. The molecule has 0 N–H and O–H groups in total. The fraction of sp³-hybridized carbons (Fsp3) is 0.235. The third-order valence-corrected chi connectivity index (χ3v) is 4.14. The van der Waals surface area contributed by atoms with Crippen LogP contribution in [-0.2, 0) is 6.42 Å². The van der Waals surface area contributed by atoms with E-state index in [9.17, 15) is 9.18 Å². The van der Waals surface area contributed by atoms with Crippen LogP contribution >= 0.6 is 11.6 Å². The average Bonchev–Trinajstić information content (AvgIpc) is 2.46. The zero-order valence-electron chi connectivity index (χ0n) is 11.7. The number of fused-ring (bicyclic) bond motifs is 1. The summed E-state index contributed by atoms with van der Waals surface area (Å²) in [7, 11) is 0. The smallest absolute Gasteiger partial charge is 0.259 e. The first-order valence-electron chi connectivity index (χ1n) is 6.93. The Kier molecular flexibility index (Phi) is 3.68. The zero-order valence-corrected chi connectivity index (χ0v) is 12.5. The summed E-state index contributed by atoms with van der Waals surface area (Å²) in [5.41, 5.74) is 3.55. The Morgan fingerprint density at radius 2 is 2.10 bits per heavy atom.